The monoisotopic (exact) mass is 532 g/mol. The molecule has 0 heterocycles. The number of hydrogen-bond acceptors (Lipinski definition) is 4. The van der Waals surface area contributed by atoms with Crippen molar-refractivity contribution in [2.24, 2.45) is 0 Å². The minimum atomic E-state index is -6.48. The molecule has 0 bridgehead atoms. The van der Waals surface area contributed by atoms with Gasteiger partial charge in [0.15, 0.2) is 10.1 Å². The fourth-order valence-corrected chi connectivity index (χ4v) is 5.98. The first-order chi connectivity index (χ1) is 16.4. The lowest BCUT2D eigenvalue weighted by molar-refractivity contribution is -0.250. The molecule has 3 aromatic rings. The van der Waals surface area contributed by atoms with Crippen molar-refractivity contribution in [1.29, 1.82) is 0 Å². The highest BCUT2D eigenvalue weighted by atomic mass is 32.2. The molecule has 0 fully saturated rings. The average Bonchev–Trinajstić information content (AvgIpc) is 2.80. The fourth-order valence-electron chi connectivity index (χ4n) is 2.95. The molecule has 4 nitrogen and oxygen atoms in total. The lowest BCUT2D eigenvalue weighted by Crippen LogP contribution is -2.50. The maximum Gasteiger partial charge on any atom is 0.432 e. The van der Waals surface area contributed by atoms with E-state index >= 15 is 0 Å². The van der Waals surface area contributed by atoms with Gasteiger partial charge in [-0.1, -0.05) is 60.7 Å². The molecule has 1 unspecified atom stereocenters. The van der Waals surface area contributed by atoms with Gasteiger partial charge in [0.2, 0.25) is 0 Å². The zero-order valence-electron chi connectivity index (χ0n) is 18.3. The van der Waals surface area contributed by atoms with Crippen LogP contribution < -0.4 is 15.9 Å². The number of benzene rings is 3. The Labute approximate surface area is 201 Å². The summed E-state index contributed by atoms with van der Waals surface area (Å²) < 4.78 is 94.8. The maximum absolute atomic E-state index is 12.6. The molecule has 35 heavy (non-hydrogen) atoms. The fraction of sp³-hybridized carbons (Fsp3) is 0.167. The first-order valence-electron chi connectivity index (χ1n) is 10.1. The van der Waals surface area contributed by atoms with Gasteiger partial charge in [0.05, 0.1) is 14.2 Å². The van der Waals surface area contributed by atoms with Crippen molar-refractivity contribution < 1.29 is 39.7 Å². The third kappa shape index (κ3) is 7.85. The quantitative estimate of drug-likeness (QED) is 0.190. The van der Waals surface area contributed by atoms with Crippen LogP contribution in [0.4, 0.5) is 22.0 Å². The molecule has 0 aliphatic rings. The Morgan fingerprint density at radius 3 is 1.37 bits per heavy atom. The van der Waals surface area contributed by atoms with E-state index in [2.05, 4.69) is 95.7 Å². The molecule has 0 spiro atoms. The van der Waals surface area contributed by atoms with Gasteiger partial charge in [0.25, 0.3) is 6.10 Å². The Morgan fingerprint density at radius 1 is 0.771 bits per heavy atom. The topological polar surface area (TPSA) is 66.4 Å². The molecule has 11 heteroatoms. The van der Waals surface area contributed by atoms with Crippen LogP contribution in [0.15, 0.2) is 103 Å². The first kappa shape index (κ1) is 28.4. The summed E-state index contributed by atoms with van der Waals surface area (Å²) in [6, 6.07) is 32.5. The van der Waals surface area contributed by atoms with Crippen molar-refractivity contribution in [3.63, 3.8) is 0 Å². The highest BCUT2D eigenvalue weighted by Crippen LogP contribution is 2.38. The minimum absolute atomic E-state index is 0.219. The standard InChI is InChI=1S/C18H15P.C6H7F5O4S/c1-4-10-16(11-5-1)19(17-12-6-2-7-13-17)18-14-8-3-9-15-18;1-2-3-15-4(5(7,8)9)6(10,11)16(12,13)14/h1-15H;2-4H,1H3,(H,12,13,14). The molecule has 3 aromatic carbocycles. The molecule has 0 aromatic heterocycles. The SMILES string of the molecule is CC=COC(C(F)(F)F)C(F)(F)S(=O)(=O)[O-].c1ccc([PH+](c2ccccc2)c2ccccc2)cc1. The van der Waals surface area contributed by atoms with Crippen LogP contribution in [0.1, 0.15) is 6.92 Å². The number of alkyl halides is 5. The lowest BCUT2D eigenvalue weighted by Gasteiger charge is -2.29. The number of allylic oxidation sites excluding steroid dienone is 1. The summed E-state index contributed by atoms with van der Waals surface area (Å²) in [6.45, 7) is 1.15. The zero-order valence-corrected chi connectivity index (χ0v) is 20.1. The second-order valence-corrected chi connectivity index (χ2v) is 11.0. The molecule has 0 saturated carbocycles. The van der Waals surface area contributed by atoms with Gasteiger partial charge in [0, 0.05) is 0 Å². The highest BCUT2D eigenvalue weighted by Gasteiger charge is 2.61. The van der Waals surface area contributed by atoms with E-state index in [-0.39, 0.29) is 6.26 Å². The molecule has 188 valence electrons. The minimum Gasteiger partial charge on any atom is -0.743 e. The van der Waals surface area contributed by atoms with Crippen molar-refractivity contribution in [2.45, 2.75) is 24.5 Å². The highest BCUT2D eigenvalue weighted by molar-refractivity contribution is 7.86. The predicted molar refractivity (Wildman–Crippen MR) is 127 cm³/mol. The Morgan fingerprint density at radius 2 is 1.11 bits per heavy atom. The summed E-state index contributed by atoms with van der Waals surface area (Å²) in [5.41, 5.74) is 0. The van der Waals surface area contributed by atoms with Crippen LogP contribution in [-0.2, 0) is 14.9 Å². The van der Waals surface area contributed by atoms with E-state index in [1.165, 1.54) is 15.9 Å². The smallest absolute Gasteiger partial charge is 0.432 e. The van der Waals surface area contributed by atoms with Crippen LogP contribution in [0.5, 0.6) is 0 Å². The van der Waals surface area contributed by atoms with E-state index in [4.69, 9.17) is 0 Å². The molecular formula is C24H22F5O4PS. The largest absolute Gasteiger partial charge is 0.743 e. The van der Waals surface area contributed by atoms with E-state index < -0.39 is 35.6 Å². The third-order valence-corrected chi connectivity index (χ3v) is 8.09. The van der Waals surface area contributed by atoms with E-state index in [9.17, 15) is 34.9 Å². The van der Waals surface area contributed by atoms with Crippen molar-refractivity contribution in [1.82, 2.24) is 0 Å². The molecule has 3 rings (SSSR count). The van der Waals surface area contributed by atoms with Gasteiger partial charge in [-0.3, -0.25) is 0 Å². The van der Waals surface area contributed by atoms with E-state index in [0.29, 0.717) is 0 Å². The van der Waals surface area contributed by atoms with Gasteiger partial charge < -0.3 is 9.29 Å². The molecule has 0 radical (unpaired) electrons. The Kier molecular flexibility index (Phi) is 9.94. The van der Waals surface area contributed by atoms with E-state index in [1.807, 2.05) is 0 Å². The Bertz CT molecular complexity index is 1080. The van der Waals surface area contributed by atoms with Gasteiger partial charge in [0.1, 0.15) is 15.9 Å². The Balaban J connectivity index is 0.000000252. The van der Waals surface area contributed by atoms with Crippen molar-refractivity contribution >= 4 is 34.0 Å². The first-order valence-corrected chi connectivity index (χ1v) is 13.0. The molecule has 0 saturated heterocycles. The van der Waals surface area contributed by atoms with Gasteiger partial charge in [-0.25, -0.2) is 8.42 Å². The molecule has 0 N–H and O–H groups in total. The van der Waals surface area contributed by atoms with Crippen LogP contribution in [0, 0.1) is 0 Å². The van der Waals surface area contributed by atoms with Gasteiger partial charge in [-0.15, -0.1) is 0 Å². The van der Waals surface area contributed by atoms with Crippen molar-refractivity contribution in [3.8, 4) is 0 Å². The number of hydrogen-bond donors (Lipinski definition) is 0. The van der Waals surface area contributed by atoms with Gasteiger partial charge in [-0.05, 0) is 43.3 Å². The van der Waals surface area contributed by atoms with Gasteiger partial charge in [-0.2, -0.15) is 22.0 Å². The van der Waals surface area contributed by atoms with Crippen LogP contribution >= 0.6 is 7.92 Å². The predicted octanol–water partition coefficient (Wildman–Crippen LogP) is 4.78. The molecule has 1 atom stereocenters. The van der Waals surface area contributed by atoms with Crippen LogP contribution in [0.25, 0.3) is 0 Å². The summed E-state index contributed by atoms with van der Waals surface area (Å²) in [5.74, 6) is 0. The second kappa shape index (κ2) is 12.2. The summed E-state index contributed by atoms with van der Waals surface area (Å²) in [5, 5.41) is -1.29. The number of rotatable bonds is 7. The normalized spacial score (nSPS) is 13.3. The average molecular weight is 532 g/mol. The third-order valence-electron chi connectivity index (χ3n) is 4.47. The number of halogens is 5. The Hall–Kier alpha value is -2.81. The lowest BCUT2D eigenvalue weighted by atomic mass is 10.3. The summed E-state index contributed by atoms with van der Waals surface area (Å²) in [6.07, 6.45) is -8.68. The van der Waals surface area contributed by atoms with Gasteiger partial charge >= 0.3 is 11.4 Å². The van der Waals surface area contributed by atoms with Crippen LogP contribution in [-0.4, -0.2) is 30.5 Å². The summed E-state index contributed by atoms with van der Waals surface area (Å²) >= 11 is 0. The second-order valence-electron chi connectivity index (χ2n) is 7.02. The number of ether oxygens (including phenoxy) is 1. The molecule has 0 amide bonds. The summed E-state index contributed by atoms with van der Waals surface area (Å²) in [7, 11) is -7.35. The van der Waals surface area contributed by atoms with Crippen molar-refractivity contribution in [2.75, 3.05) is 0 Å². The molecule has 0 aliphatic carbocycles. The van der Waals surface area contributed by atoms with E-state index in [0.717, 1.165) is 13.0 Å². The van der Waals surface area contributed by atoms with E-state index in [1.54, 1.807) is 0 Å². The van der Waals surface area contributed by atoms with Crippen molar-refractivity contribution in [3.05, 3.63) is 103 Å². The molecule has 0 aliphatic heterocycles. The summed E-state index contributed by atoms with van der Waals surface area (Å²) in [4.78, 5) is 0. The maximum atomic E-state index is 12.6. The molecular weight excluding hydrogens is 510 g/mol. The van der Waals surface area contributed by atoms with Crippen LogP contribution in [0.2, 0.25) is 0 Å². The van der Waals surface area contributed by atoms with Crippen LogP contribution in [0.3, 0.4) is 0 Å². The zero-order chi connectivity index (χ0) is 26.1.